The fourth-order valence-corrected chi connectivity index (χ4v) is 4.95. The van der Waals surface area contributed by atoms with Gasteiger partial charge in [-0.2, -0.15) is 0 Å². The van der Waals surface area contributed by atoms with Crippen molar-refractivity contribution in [2.45, 2.75) is 31.8 Å². The third-order valence-electron chi connectivity index (χ3n) is 6.79. The van der Waals surface area contributed by atoms with Crippen molar-refractivity contribution in [2.24, 2.45) is 0 Å². The van der Waals surface area contributed by atoms with E-state index in [1.165, 1.54) is 33.5 Å². The maximum absolute atomic E-state index is 4.40. The van der Waals surface area contributed by atoms with E-state index in [4.69, 9.17) is 0 Å². The number of allylic oxidation sites excluding steroid dienone is 3. The standard InChI is InChI=1S/C31H32N2/c1-25-19-30-23-32(21-28-15-9-4-10-16-28)31(20-27-13-7-3-8-14-27)24-33(30)22-29(25)18-17-26-11-5-2-6-12-26/h2-16,19,22,31H,1,17-18,20-21,23-24H2. The summed E-state index contributed by atoms with van der Waals surface area (Å²) in [5, 5.41) is 0. The number of benzene rings is 3. The van der Waals surface area contributed by atoms with Crippen LogP contribution in [0.1, 0.15) is 23.1 Å². The Labute approximate surface area is 198 Å². The Morgan fingerprint density at radius 2 is 1.33 bits per heavy atom. The van der Waals surface area contributed by atoms with Crippen molar-refractivity contribution < 1.29 is 0 Å². The zero-order valence-electron chi connectivity index (χ0n) is 19.2. The summed E-state index contributed by atoms with van der Waals surface area (Å²) in [7, 11) is 0. The Hall–Kier alpha value is -3.36. The van der Waals surface area contributed by atoms with Crippen molar-refractivity contribution in [3.8, 4) is 0 Å². The molecule has 0 saturated carbocycles. The van der Waals surface area contributed by atoms with Gasteiger partial charge in [-0.05, 0) is 53.2 Å². The summed E-state index contributed by atoms with van der Waals surface area (Å²) in [4.78, 5) is 5.13. The van der Waals surface area contributed by atoms with Gasteiger partial charge in [0, 0.05) is 37.6 Å². The zero-order valence-corrected chi connectivity index (χ0v) is 19.2. The van der Waals surface area contributed by atoms with Gasteiger partial charge < -0.3 is 4.90 Å². The summed E-state index contributed by atoms with van der Waals surface area (Å²) in [6.07, 6.45) is 7.83. The number of piperazine rings is 1. The van der Waals surface area contributed by atoms with E-state index in [0.29, 0.717) is 6.04 Å². The van der Waals surface area contributed by atoms with E-state index in [2.05, 4.69) is 120 Å². The van der Waals surface area contributed by atoms with Crippen LogP contribution in [0.4, 0.5) is 0 Å². The van der Waals surface area contributed by atoms with E-state index in [-0.39, 0.29) is 0 Å². The Kier molecular flexibility index (Phi) is 6.55. The van der Waals surface area contributed by atoms with Crippen molar-refractivity contribution in [2.75, 3.05) is 13.1 Å². The van der Waals surface area contributed by atoms with Crippen LogP contribution >= 0.6 is 0 Å². The van der Waals surface area contributed by atoms with Gasteiger partial charge in [0.05, 0.1) is 0 Å². The van der Waals surface area contributed by atoms with Crippen LogP contribution in [-0.2, 0) is 19.4 Å². The third kappa shape index (κ3) is 5.35. The molecule has 0 radical (unpaired) electrons. The van der Waals surface area contributed by atoms with Crippen LogP contribution in [0.2, 0.25) is 0 Å². The van der Waals surface area contributed by atoms with E-state index in [1.54, 1.807) is 0 Å². The van der Waals surface area contributed by atoms with Gasteiger partial charge in [-0.3, -0.25) is 4.90 Å². The average Bonchev–Trinajstić information content (AvgIpc) is 2.85. The maximum atomic E-state index is 4.40. The normalized spacial score (nSPS) is 18.5. The highest BCUT2D eigenvalue weighted by molar-refractivity contribution is 5.44. The van der Waals surface area contributed by atoms with Crippen molar-refractivity contribution in [1.82, 2.24) is 9.80 Å². The first-order chi connectivity index (χ1) is 16.2. The second-order valence-electron chi connectivity index (χ2n) is 9.19. The molecule has 0 amide bonds. The lowest BCUT2D eigenvalue weighted by Crippen LogP contribution is -2.51. The van der Waals surface area contributed by atoms with Gasteiger partial charge in [0.15, 0.2) is 0 Å². The van der Waals surface area contributed by atoms with E-state index in [9.17, 15) is 0 Å². The molecule has 2 nitrogen and oxygen atoms in total. The number of nitrogens with zero attached hydrogens (tertiary/aromatic N) is 2. The van der Waals surface area contributed by atoms with Crippen LogP contribution in [0.5, 0.6) is 0 Å². The molecule has 2 heteroatoms. The van der Waals surface area contributed by atoms with E-state index in [1.807, 2.05) is 0 Å². The molecule has 166 valence electrons. The van der Waals surface area contributed by atoms with Crippen molar-refractivity contribution in [3.63, 3.8) is 0 Å². The number of hydrogen-bond donors (Lipinski definition) is 0. The molecule has 5 rings (SSSR count). The molecular weight excluding hydrogens is 400 g/mol. The molecule has 1 unspecified atom stereocenters. The molecule has 0 spiro atoms. The summed E-state index contributed by atoms with van der Waals surface area (Å²) >= 11 is 0. The molecule has 3 aromatic carbocycles. The molecule has 1 atom stereocenters. The quantitative estimate of drug-likeness (QED) is 0.427. The summed E-state index contributed by atoms with van der Waals surface area (Å²) < 4.78 is 0. The number of hydrogen-bond acceptors (Lipinski definition) is 2. The number of aryl methyl sites for hydroxylation is 1. The monoisotopic (exact) mass is 432 g/mol. The number of rotatable bonds is 7. The van der Waals surface area contributed by atoms with Crippen LogP contribution in [0, 0.1) is 0 Å². The minimum atomic E-state index is 0.461. The Morgan fingerprint density at radius 1 is 0.727 bits per heavy atom. The first kappa shape index (κ1) is 21.5. The molecule has 3 aromatic rings. The lowest BCUT2D eigenvalue weighted by atomic mass is 9.94. The van der Waals surface area contributed by atoms with Gasteiger partial charge in [-0.25, -0.2) is 0 Å². The highest BCUT2D eigenvalue weighted by Gasteiger charge is 2.31. The van der Waals surface area contributed by atoms with Crippen molar-refractivity contribution in [1.29, 1.82) is 0 Å². The Balaban J connectivity index is 1.35. The van der Waals surface area contributed by atoms with Crippen LogP contribution in [0.15, 0.2) is 127 Å². The predicted octanol–water partition coefficient (Wildman–Crippen LogP) is 6.39. The third-order valence-corrected chi connectivity index (χ3v) is 6.79. The molecule has 1 fully saturated rings. The molecule has 2 aliphatic rings. The highest BCUT2D eigenvalue weighted by atomic mass is 15.3. The molecule has 33 heavy (non-hydrogen) atoms. The predicted molar refractivity (Wildman–Crippen MR) is 138 cm³/mol. The maximum Gasteiger partial charge on any atom is 0.0394 e. The lowest BCUT2D eigenvalue weighted by molar-refractivity contribution is 0.124. The van der Waals surface area contributed by atoms with Gasteiger partial charge in [0.2, 0.25) is 0 Å². The molecule has 0 aromatic heterocycles. The van der Waals surface area contributed by atoms with Crippen LogP contribution in [0.25, 0.3) is 0 Å². The van der Waals surface area contributed by atoms with Gasteiger partial charge in [0.1, 0.15) is 0 Å². The summed E-state index contributed by atoms with van der Waals surface area (Å²) in [6.45, 7) is 7.34. The molecule has 2 heterocycles. The summed E-state index contributed by atoms with van der Waals surface area (Å²) in [5.74, 6) is 0. The van der Waals surface area contributed by atoms with Gasteiger partial charge in [0.25, 0.3) is 0 Å². The smallest absolute Gasteiger partial charge is 0.0394 e. The molecule has 0 bridgehead atoms. The first-order valence-electron chi connectivity index (χ1n) is 12.0. The fraction of sp³-hybridized carbons (Fsp3) is 0.226. The van der Waals surface area contributed by atoms with Crippen LogP contribution < -0.4 is 0 Å². The molecule has 2 aliphatic heterocycles. The average molecular weight is 433 g/mol. The largest absolute Gasteiger partial charge is 0.348 e. The fourth-order valence-electron chi connectivity index (χ4n) is 4.95. The van der Waals surface area contributed by atoms with Gasteiger partial charge in [-0.15, -0.1) is 0 Å². The molecule has 0 N–H and O–H groups in total. The lowest BCUT2D eigenvalue weighted by Gasteiger charge is -2.44. The minimum Gasteiger partial charge on any atom is -0.348 e. The Bertz CT molecular complexity index is 1130. The van der Waals surface area contributed by atoms with Gasteiger partial charge >= 0.3 is 0 Å². The van der Waals surface area contributed by atoms with Crippen molar-refractivity contribution in [3.05, 3.63) is 143 Å². The summed E-state index contributed by atoms with van der Waals surface area (Å²) in [6, 6.07) is 33.0. The summed E-state index contributed by atoms with van der Waals surface area (Å²) in [5.41, 5.74) is 8.05. The van der Waals surface area contributed by atoms with Crippen molar-refractivity contribution >= 4 is 0 Å². The molecule has 1 saturated heterocycles. The highest BCUT2D eigenvalue weighted by Crippen LogP contribution is 2.31. The van der Waals surface area contributed by atoms with Gasteiger partial charge in [-0.1, -0.05) is 97.6 Å². The molecule has 0 aliphatic carbocycles. The van der Waals surface area contributed by atoms with Crippen LogP contribution in [-0.4, -0.2) is 28.9 Å². The molecular formula is C31H32N2. The Morgan fingerprint density at radius 3 is 2.00 bits per heavy atom. The second-order valence-corrected chi connectivity index (χ2v) is 9.19. The SMILES string of the molecule is C=C1C=C2CN(Cc3ccccc3)C(Cc3ccccc3)CN2C=C1CCc1ccccc1. The van der Waals surface area contributed by atoms with E-state index >= 15 is 0 Å². The zero-order chi connectivity index (χ0) is 22.5. The minimum absolute atomic E-state index is 0.461. The van der Waals surface area contributed by atoms with E-state index in [0.717, 1.165) is 38.9 Å². The number of fused-ring (bicyclic) bond motifs is 1. The van der Waals surface area contributed by atoms with Crippen LogP contribution in [0.3, 0.4) is 0 Å². The second kappa shape index (κ2) is 10.1. The topological polar surface area (TPSA) is 6.48 Å². The van der Waals surface area contributed by atoms with E-state index < -0.39 is 0 Å². The first-order valence-corrected chi connectivity index (χ1v) is 12.0.